The number of ether oxygens (including phenoxy) is 2. The highest BCUT2D eigenvalue weighted by Crippen LogP contribution is 2.54. The van der Waals surface area contributed by atoms with E-state index in [1.165, 1.54) is 12.8 Å². The van der Waals surface area contributed by atoms with Gasteiger partial charge in [-0.2, -0.15) is 0 Å². The summed E-state index contributed by atoms with van der Waals surface area (Å²) in [4.78, 5) is 15.5. The second kappa shape index (κ2) is 10.3. The van der Waals surface area contributed by atoms with Crippen LogP contribution in [0.1, 0.15) is 49.7 Å². The zero-order chi connectivity index (χ0) is 25.2. The second-order valence-electron chi connectivity index (χ2n) is 10.8. The number of phenolic OH excluding ortho intramolecular Hbond substituents is 1. The standard InChI is InChI=1S/C30H38N2O4/c1-35-27-8-3-5-22(17-27)11-12-28(34)31-25-13-14-30(36-2)21-32(20-23-9-10-23)16-15-29(30,19-25)24-6-4-7-26(33)18-24/h3-8,11-12,17-18,23,25,33H,9-10,13-16,19-21H2,1-2H3,(H,31,34)/t25-,29+,30+/m1/s1. The molecule has 0 unspecified atom stereocenters. The number of phenols is 1. The number of aromatic hydroxyl groups is 1. The van der Waals surface area contributed by atoms with Gasteiger partial charge in [-0.05, 0) is 92.5 Å². The van der Waals surface area contributed by atoms with E-state index in [-0.39, 0.29) is 28.7 Å². The summed E-state index contributed by atoms with van der Waals surface area (Å²) in [6.45, 7) is 3.05. The van der Waals surface area contributed by atoms with Crippen molar-refractivity contribution in [2.45, 2.75) is 55.6 Å². The quantitative estimate of drug-likeness (QED) is 0.533. The smallest absolute Gasteiger partial charge is 0.244 e. The number of nitrogens with zero attached hydrogens (tertiary/aromatic N) is 1. The molecule has 2 aliphatic carbocycles. The maximum Gasteiger partial charge on any atom is 0.244 e. The van der Waals surface area contributed by atoms with Crippen LogP contribution in [0.25, 0.3) is 6.08 Å². The summed E-state index contributed by atoms with van der Waals surface area (Å²) in [6, 6.07) is 15.4. The molecule has 3 aliphatic rings. The first-order chi connectivity index (χ1) is 17.4. The van der Waals surface area contributed by atoms with E-state index in [4.69, 9.17) is 9.47 Å². The molecule has 6 heteroatoms. The first kappa shape index (κ1) is 24.8. The fraction of sp³-hybridized carbons (Fsp3) is 0.500. The third kappa shape index (κ3) is 5.02. The van der Waals surface area contributed by atoms with Gasteiger partial charge in [-0.15, -0.1) is 0 Å². The number of fused-ring (bicyclic) bond motifs is 1. The van der Waals surface area contributed by atoms with E-state index in [2.05, 4.69) is 16.3 Å². The average Bonchev–Trinajstić information content (AvgIpc) is 3.71. The van der Waals surface area contributed by atoms with Gasteiger partial charge in [0.2, 0.25) is 5.91 Å². The third-order valence-electron chi connectivity index (χ3n) is 8.57. The normalized spacial score (nSPS) is 28.6. The van der Waals surface area contributed by atoms with Crippen molar-refractivity contribution < 1.29 is 19.4 Å². The number of hydrogen-bond donors (Lipinski definition) is 2. The lowest BCUT2D eigenvalue weighted by Gasteiger charge is -2.60. The molecule has 192 valence electrons. The van der Waals surface area contributed by atoms with Crippen LogP contribution in [-0.2, 0) is 14.9 Å². The van der Waals surface area contributed by atoms with Crippen LogP contribution in [0.15, 0.2) is 54.6 Å². The molecule has 1 saturated heterocycles. The number of likely N-dealkylation sites (tertiary alicyclic amines) is 1. The molecule has 2 aromatic carbocycles. The van der Waals surface area contributed by atoms with Crippen molar-refractivity contribution in [2.24, 2.45) is 5.92 Å². The Morgan fingerprint density at radius 1 is 1.14 bits per heavy atom. The van der Waals surface area contributed by atoms with Gasteiger partial charge in [0.1, 0.15) is 11.5 Å². The Morgan fingerprint density at radius 2 is 1.97 bits per heavy atom. The Bertz CT molecular complexity index is 1110. The van der Waals surface area contributed by atoms with Crippen molar-refractivity contribution in [3.8, 4) is 11.5 Å². The molecule has 5 rings (SSSR count). The lowest BCUT2D eigenvalue weighted by atomic mass is 9.55. The minimum absolute atomic E-state index is 0.0352. The monoisotopic (exact) mass is 490 g/mol. The van der Waals surface area contributed by atoms with E-state index in [0.29, 0.717) is 0 Å². The first-order valence-electron chi connectivity index (χ1n) is 13.1. The van der Waals surface area contributed by atoms with E-state index in [1.807, 2.05) is 49.6 Å². The molecule has 0 bridgehead atoms. The fourth-order valence-corrected chi connectivity index (χ4v) is 6.51. The van der Waals surface area contributed by atoms with Gasteiger partial charge in [-0.25, -0.2) is 0 Å². The molecule has 0 radical (unpaired) electrons. The molecule has 1 heterocycles. The van der Waals surface area contributed by atoms with Crippen LogP contribution in [0.4, 0.5) is 0 Å². The Balaban J connectivity index is 1.36. The van der Waals surface area contributed by atoms with Gasteiger partial charge in [0.15, 0.2) is 0 Å². The minimum atomic E-state index is -0.342. The number of rotatable bonds is 8. The third-order valence-corrected chi connectivity index (χ3v) is 8.57. The summed E-state index contributed by atoms with van der Waals surface area (Å²) in [6.07, 6.45) is 9.57. The van der Waals surface area contributed by atoms with Gasteiger partial charge in [-0.3, -0.25) is 4.79 Å². The number of benzene rings is 2. The summed E-state index contributed by atoms with van der Waals surface area (Å²) in [5.41, 5.74) is 1.42. The zero-order valence-electron chi connectivity index (χ0n) is 21.4. The minimum Gasteiger partial charge on any atom is -0.508 e. The van der Waals surface area contributed by atoms with Crippen molar-refractivity contribution in [1.29, 1.82) is 0 Å². The predicted octanol–water partition coefficient (Wildman–Crippen LogP) is 4.52. The van der Waals surface area contributed by atoms with Crippen molar-refractivity contribution in [2.75, 3.05) is 33.9 Å². The van der Waals surface area contributed by atoms with Gasteiger partial charge in [0.25, 0.3) is 0 Å². The maximum absolute atomic E-state index is 12.9. The highest BCUT2D eigenvalue weighted by Gasteiger charge is 2.59. The van der Waals surface area contributed by atoms with Gasteiger partial charge < -0.3 is 24.8 Å². The molecule has 1 aliphatic heterocycles. The molecule has 6 nitrogen and oxygen atoms in total. The lowest BCUT2D eigenvalue weighted by molar-refractivity contribution is -0.150. The summed E-state index contributed by atoms with van der Waals surface area (Å²) in [7, 11) is 3.48. The Kier molecular flexibility index (Phi) is 7.09. The van der Waals surface area contributed by atoms with Crippen LogP contribution in [-0.4, -0.2) is 61.4 Å². The van der Waals surface area contributed by atoms with Crippen LogP contribution >= 0.6 is 0 Å². The molecule has 2 aromatic rings. The number of amides is 1. The average molecular weight is 491 g/mol. The molecule has 1 amide bonds. The van der Waals surface area contributed by atoms with Crippen molar-refractivity contribution in [3.63, 3.8) is 0 Å². The molecule has 0 aromatic heterocycles. The van der Waals surface area contributed by atoms with Crippen LogP contribution in [0.5, 0.6) is 11.5 Å². The van der Waals surface area contributed by atoms with E-state index in [0.717, 1.165) is 68.1 Å². The fourth-order valence-electron chi connectivity index (χ4n) is 6.51. The molecule has 0 spiro atoms. The van der Waals surface area contributed by atoms with Crippen LogP contribution in [0, 0.1) is 5.92 Å². The van der Waals surface area contributed by atoms with Crippen molar-refractivity contribution >= 4 is 12.0 Å². The van der Waals surface area contributed by atoms with Gasteiger partial charge >= 0.3 is 0 Å². The SMILES string of the molecule is COc1cccc(C=CC(=O)N[C@@H]2CC[C@]3(OC)CN(CC4CC4)CC[C@@]3(c3cccc(O)c3)C2)c1. The van der Waals surface area contributed by atoms with Crippen LogP contribution < -0.4 is 10.1 Å². The number of piperidine rings is 1. The predicted molar refractivity (Wildman–Crippen MR) is 141 cm³/mol. The zero-order valence-corrected chi connectivity index (χ0v) is 21.4. The first-order valence-corrected chi connectivity index (χ1v) is 13.1. The molecule has 3 fully saturated rings. The summed E-state index contributed by atoms with van der Waals surface area (Å²) in [5, 5.41) is 13.6. The molecular formula is C30H38N2O4. The van der Waals surface area contributed by atoms with Crippen LogP contribution in [0.3, 0.4) is 0 Å². The molecule has 3 atom stereocenters. The molecule has 2 N–H and O–H groups in total. The largest absolute Gasteiger partial charge is 0.508 e. The Morgan fingerprint density at radius 3 is 2.72 bits per heavy atom. The van der Waals surface area contributed by atoms with E-state index in [9.17, 15) is 9.90 Å². The highest BCUT2D eigenvalue weighted by atomic mass is 16.5. The van der Waals surface area contributed by atoms with E-state index < -0.39 is 0 Å². The number of hydrogen-bond acceptors (Lipinski definition) is 5. The van der Waals surface area contributed by atoms with Crippen molar-refractivity contribution in [1.82, 2.24) is 10.2 Å². The van der Waals surface area contributed by atoms with Gasteiger partial charge in [0, 0.05) is 37.7 Å². The van der Waals surface area contributed by atoms with E-state index in [1.54, 1.807) is 19.3 Å². The topological polar surface area (TPSA) is 71.0 Å². The Labute approximate surface area is 214 Å². The van der Waals surface area contributed by atoms with Gasteiger partial charge in [-0.1, -0.05) is 24.3 Å². The summed E-state index contributed by atoms with van der Waals surface area (Å²) in [5.74, 6) is 1.78. The van der Waals surface area contributed by atoms with E-state index >= 15 is 0 Å². The summed E-state index contributed by atoms with van der Waals surface area (Å²) < 4.78 is 11.7. The number of methoxy groups -OCH3 is 2. The Hall–Kier alpha value is -2.83. The van der Waals surface area contributed by atoms with Crippen LogP contribution in [0.2, 0.25) is 0 Å². The number of carbonyl (C=O) groups excluding carboxylic acids is 1. The molecule has 36 heavy (non-hydrogen) atoms. The lowest BCUT2D eigenvalue weighted by Crippen LogP contribution is -2.68. The number of carbonyl (C=O) groups is 1. The second-order valence-corrected chi connectivity index (χ2v) is 10.8. The van der Waals surface area contributed by atoms with Crippen molar-refractivity contribution in [3.05, 3.63) is 65.7 Å². The number of nitrogens with one attached hydrogen (secondary N) is 1. The summed E-state index contributed by atoms with van der Waals surface area (Å²) >= 11 is 0. The van der Waals surface area contributed by atoms with Gasteiger partial charge in [0.05, 0.1) is 12.7 Å². The maximum atomic E-state index is 12.9. The molecular weight excluding hydrogens is 452 g/mol. The molecule has 2 saturated carbocycles. The highest BCUT2D eigenvalue weighted by molar-refractivity contribution is 5.92.